The zero-order chi connectivity index (χ0) is 49.3. The van der Waals surface area contributed by atoms with Crippen LogP contribution in [0.1, 0.15) is 87.7 Å². The van der Waals surface area contributed by atoms with Crippen molar-refractivity contribution in [2.24, 2.45) is 13.0 Å². The van der Waals surface area contributed by atoms with Gasteiger partial charge in [-0.1, -0.05) is 47.7 Å². The molecule has 1 unspecified atom stereocenters. The van der Waals surface area contributed by atoms with E-state index >= 15 is 0 Å². The summed E-state index contributed by atoms with van der Waals surface area (Å²) in [5.74, 6) is -1.40. The van der Waals surface area contributed by atoms with E-state index in [-0.39, 0.29) is 35.7 Å². The average molecular weight is 973 g/mol. The van der Waals surface area contributed by atoms with Crippen molar-refractivity contribution >= 4 is 84.4 Å². The van der Waals surface area contributed by atoms with Crippen LogP contribution in [0.5, 0.6) is 0 Å². The second kappa shape index (κ2) is 20.1. The molecule has 0 saturated carbocycles. The van der Waals surface area contributed by atoms with Gasteiger partial charge in [0.05, 0.1) is 33.9 Å². The number of rotatable bonds is 14. The summed E-state index contributed by atoms with van der Waals surface area (Å²) < 4.78 is 2.71. The molecule has 71 heavy (non-hydrogen) atoms. The molecule has 4 amide bonds. The number of aromatic nitrogens is 4. The second-order valence-corrected chi connectivity index (χ2v) is 20.0. The van der Waals surface area contributed by atoms with E-state index in [2.05, 4.69) is 48.9 Å². The lowest BCUT2D eigenvalue weighted by molar-refractivity contribution is -0.134. The van der Waals surface area contributed by atoms with E-state index in [0.717, 1.165) is 94.4 Å². The van der Waals surface area contributed by atoms with Gasteiger partial charge < -0.3 is 20.2 Å². The lowest BCUT2D eigenvalue weighted by Gasteiger charge is -2.32. The van der Waals surface area contributed by atoms with Gasteiger partial charge in [-0.25, -0.2) is 14.8 Å². The van der Waals surface area contributed by atoms with E-state index in [1.54, 1.807) is 4.68 Å². The number of amides is 4. The number of aryl methyl sites for hydroxylation is 1. The summed E-state index contributed by atoms with van der Waals surface area (Å²) in [7, 11) is 3.89. The van der Waals surface area contributed by atoms with Crippen LogP contribution in [0.15, 0.2) is 91.0 Å². The van der Waals surface area contributed by atoms with Gasteiger partial charge in [0.25, 0.3) is 5.91 Å². The highest BCUT2D eigenvalue weighted by molar-refractivity contribution is 7.22. The molecule has 0 bridgehead atoms. The number of carboxylic acid groups (broad SMARTS) is 1. The first kappa shape index (κ1) is 47.2. The van der Waals surface area contributed by atoms with Gasteiger partial charge in [-0.3, -0.25) is 39.4 Å². The number of carboxylic acids is 1. The van der Waals surface area contributed by atoms with Crippen LogP contribution in [-0.4, -0.2) is 99.1 Å². The fourth-order valence-electron chi connectivity index (χ4n) is 10.6. The number of hydrogen-bond donors (Lipinski definition) is 4. The van der Waals surface area contributed by atoms with Gasteiger partial charge in [-0.15, -0.1) is 0 Å². The van der Waals surface area contributed by atoms with Gasteiger partial charge in [0.1, 0.15) is 5.82 Å². The number of anilines is 4. The van der Waals surface area contributed by atoms with Gasteiger partial charge in [-0.05, 0) is 141 Å². The third-order valence-corrected chi connectivity index (χ3v) is 15.3. The van der Waals surface area contributed by atoms with E-state index in [4.69, 9.17) is 4.98 Å². The van der Waals surface area contributed by atoms with E-state index in [9.17, 15) is 29.1 Å². The Kier molecular flexibility index (Phi) is 13.3. The summed E-state index contributed by atoms with van der Waals surface area (Å²) >= 11 is 1.43. The number of hydrogen-bond acceptors (Lipinski definition) is 12. The highest BCUT2D eigenvalue weighted by Crippen LogP contribution is 2.36. The Morgan fingerprint density at radius 3 is 2.51 bits per heavy atom. The van der Waals surface area contributed by atoms with Crippen LogP contribution in [-0.2, 0) is 34.4 Å². The van der Waals surface area contributed by atoms with E-state index in [0.29, 0.717) is 71.9 Å². The molecule has 4 aromatic carbocycles. The first-order chi connectivity index (χ1) is 34.4. The largest absolute Gasteiger partial charge is 0.476 e. The number of fused-ring (bicyclic) bond motifs is 3. The highest BCUT2D eigenvalue weighted by atomic mass is 32.1. The number of nitrogens with one attached hydrogen (secondary N) is 3. The molecule has 17 heteroatoms. The number of benzene rings is 4. The Morgan fingerprint density at radius 1 is 0.887 bits per heavy atom. The molecule has 16 nitrogen and oxygen atoms in total. The summed E-state index contributed by atoms with van der Waals surface area (Å²) in [6.07, 6.45) is 5.48. The highest BCUT2D eigenvalue weighted by Gasteiger charge is 2.32. The number of imide groups is 1. The summed E-state index contributed by atoms with van der Waals surface area (Å²) in [5, 5.41) is 25.0. The maximum Gasteiger partial charge on any atom is 0.355 e. The number of thiazole rings is 1. The molecule has 3 aliphatic heterocycles. The number of aromatic carboxylic acids is 1. The molecule has 2 saturated heterocycles. The second-order valence-electron chi connectivity index (χ2n) is 19.0. The Labute approximate surface area is 415 Å². The molecule has 3 aliphatic rings. The molecular weight excluding hydrogens is 917 g/mol. The normalized spacial score (nSPS) is 16.5. The number of likely N-dealkylation sites (tertiary alicyclic amines) is 1. The minimum absolute atomic E-state index is 0.0183. The smallest absolute Gasteiger partial charge is 0.355 e. The number of nitrogens with zero attached hydrogens (tertiary/aromatic N) is 7. The first-order valence-electron chi connectivity index (χ1n) is 24.3. The molecule has 10 rings (SSSR count). The summed E-state index contributed by atoms with van der Waals surface area (Å²) in [6.45, 7) is 5.90. The maximum atomic E-state index is 13.7. The van der Waals surface area contributed by atoms with Crippen LogP contribution in [0.25, 0.3) is 32.2 Å². The number of para-hydroxylation sites is 1. The summed E-state index contributed by atoms with van der Waals surface area (Å²) in [5.41, 5.74) is 8.83. The third kappa shape index (κ3) is 9.97. The minimum atomic E-state index is -1.11. The van der Waals surface area contributed by atoms with Crippen LogP contribution in [0, 0.1) is 12.8 Å². The monoisotopic (exact) mass is 972 g/mol. The fourth-order valence-corrected chi connectivity index (χ4v) is 11.4. The standard InChI is InChI=1S/C54H56N10O6S/c1-32-36(37-18-20-46(57-50(37)53(69)70)64-28-24-34-10-6-12-38(41(34)30-64)51(67)59-54-56-42-13-4-5-15-45(42)71-54)11-7-14-43(32)61(2)25-8-9-33-22-26-63(27-23-33)31-48(66)55-35-16-17-39-44(29-35)62(3)60-49(39)40-19-21-47(65)58-52(40)68/h4-7,10-18,20,29,33,40H,8-9,19,21-28,30-31H2,1-3H3,(H,55,66)(H,69,70)(H,56,59,67)(H,58,65,68). The molecule has 0 radical (unpaired) electrons. The lowest BCUT2D eigenvalue weighted by Crippen LogP contribution is -2.39. The van der Waals surface area contributed by atoms with E-state index in [1.165, 1.54) is 11.3 Å². The number of carbonyl (C=O) groups is 5. The number of carbonyl (C=O) groups excluding carboxylic acids is 4. The third-order valence-electron chi connectivity index (χ3n) is 14.4. The Bertz CT molecular complexity index is 3200. The molecule has 3 aromatic heterocycles. The topological polar surface area (TPSA) is 195 Å². The Balaban J connectivity index is 0.722. The fraction of sp³-hybridized carbons (Fsp3) is 0.333. The van der Waals surface area contributed by atoms with Crippen molar-refractivity contribution in [2.75, 3.05) is 60.2 Å². The van der Waals surface area contributed by atoms with Crippen LogP contribution in [0.3, 0.4) is 0 Å². The quantitative estimate of drug-likeness (QED) is 0.0766. The van der Waals surface area contributed by atoms with E-state index < -0.39 is 11.9 Å². The van der Waals surface area contributed by atoms with Crippen LogP contribution in [0.2, 0.25) is 0 Å². The molecular formula is C54H56N10O6S. The average Bonchev–Trinajstić information content (AvgIpc) is 3.93. The van der Waals surface area contributed by atoms with Crippen molar-refractivity contribution in [3.63, 3.8) is 0 Å². The first-order valence-corrected chi connectivity index (χ1v) is 25.1. The van der Waals surface area contributed by atoms with Crippen LogP contribution >= 0.6 is 11.3 Å². The molecule has 6 heterocycles. The molecule has 1 atom stereocenters. The summed E-state index contributed by atoms with van der Waals surface area (Å²) in [6, 6.07) is 28.9. The molecule has 4 N–H and O–H groups in total. The molecule has 0 spiro atoms. The van der Waals surface area contributed by atoms with Crippen molar-refractivity contribution in [1.29, 1.82) is 0 Å². The van der Waals surface area contributed by atoms with Gasteiger partial charge in [0.15, 0.2) is 10.8 Å². The van der Waals surface area contributed by atoms with Gasteiger partial charge in [0.2, 0.25) is 17.7 Å². The molecule has 2 fully saturated rings. The molecule has 7 aromatic rings. The Hall–Kier alpha value is -7.50. The predicted molar refractivity (Wildman–Crippen MR) is 276 cm³/mol. The van der Waals surface area contributed by atoms with Gasteiger partial charge >= 0.3 is 5.97 Å². The van der Waals surface area contributed by atoms with Gasteiger partial charge in [-0.2, -0.15) is 5.10 Å². The van der Waals surface area contributed by atoms with Crippen molar-refractivity contribution < 1.29 is 29.1 Å². The van der Waals surface area contributed by atoms with Crippen molar-refractivity contribution in [2.45, 2.75) is 64.3 Å². The SMILES string of the molecule is Cc1c(-c2ccc(N3CCc4cccc(C(=O)Nc5nc6ccccc6s5)c4C3)nc2C(=O)O)cccc1N(C)CCCC1CCN(CC(=O)Nc2ccc3c(C4CCC(=O)NC4=O)nn(C)c3c2)CC1. The molecule has 0 aliphatic carbocycles. The van der Waals surface area contributed by atoms with Crippen molar-refractivity contribution in [3.05, 3.63) is 125 Å². The van der Waals surface area contributed by atoms with Crippen molar-refractivity contribution in [3.8, 4) is 11.1 Å². The zero-order valence-corrected chi connectivity index (χ0v) is 40.9. The van der Waals surface area contributed by atoms with Crippen LogP contribution < -0.4 is 25.8 Å². The number of pyridine rings is 1. The van der Waals surface area contributed by atoms with Crippen molar-refractivity contribution in [1.82, 2.24) is 30.0 Å². The maximum absolute atomic E-state index is 13.7. The number of piperidine rings is 2. The minimum Gasteiger partial charge on any atom is -0.476 e. The Morgan fingerprint density at radius 2 is 1.70 bits per heavy atom. The van der Waals surface area contributed by atoms with E-state index in [1.807, 2.05) is 104 Å². The predicted octanol–water partition coefficient (Wildman–Crippen LogP) is 8.15. The molecule has 364 valence electrons. The zero-order valence-electron chi connectivity index (χ0n) is 40.0. The lowest BCUT2D eigenvalue weighted by atomic mass is 9.92. The van der Waals surface area contributed by atoms with Gasteiger partial charge in [0, 0.05) is 68.0 Å². The van der Waals surface area contributed by atoms with Crippen LogP contribution in [0.4, 0.5) is 22.3 Å². The summed E-state index contributed by atoms with van der Waals surface area (Å²) in [4.78, 5) is 79.8.